The van der Waals surface area contributed by atoms with Crippen molar-refractivity contribution in [3.63, 3.8) is 0 Å². The molecule has 140 valence electrons. The van der Waals surface area contributed by atoms with Crippen LogP contribution >= 0.6 is 0 Å². The van der Waals surface area contributed by atoms with Crippen LogP contribution in [0.15, 0.2) is 18.5 Å². The third-order valence-corrected chi connectivity index (χ3v) is 6.70. The van der Waals surface area contributed by atoms with E-state index in [0.717, 1.165) is 63.3 Å². The Morgan fingerprint density at radius 2 is 1.96 bits per heavy atom. The fourth-order valence-corrected chi connectivity index (χ4v) is 4.91. The van der Waals surface area contributed by atoms with E-state index < -0.39 is 0 Å². The zero-order valence-corrected chi connectivity index (χ0v) is 15.4. The van der Waals surface area contributed by atoms with E-state index in [1.54, 1.807) is 0 Å². The van der Waals surface area contributed by atoms with Crippen LogP contribution < -0.4 is 10.2 Å². The van der Waals surface area contributed by atoms with Gasteiger partial charge in [0.05, 0.1) is 11.5 Å². The third kappa shape index (κ3) is 3.08. The minimum absolute atomic E-state index is 0.191. The molecule has 2 aliphatic heterocycles. The summed E-state index contributed by atoms with van der Waals surface area (Å²) in [4.78, 5) is 27.2. The number of carbonyl (C=O) groups excluding carboxylic acids is 1. The number of carbonyl (C=O) groups is 1. The van der Waals surface area contributed by atoms with Gasteiger partial charge in [-0.05, 0) is 56.4 Å². The molecule has 0 bridgehead atoms. The Hall–Kier alpha value is -1.69. The molecule has 2 aliphatic carbocycles. The van der Waals surface area contributed by atoms with Gasteiger partial charge in [0, 0.05) is 45.1 Å². The average molecular weight is 355 g/mol. The van der Waals surface area contributed by atoms with Crippen molar-refractivity contribution in [2.24, 2.45) is 17.3 Å². The summed E-state index contributed by atoms with van der Waals surface area (Å²) in [7, 11) is 0. The highest BCUT2D eigenvalue weighted by Crippen LogP contribution is 2.44. The van der Waals surface area contributed by atoms with Crippen molar-refractivity contribution in [1.82, 2.24) is 20.2 Å². The molecule has 3 heterocycles. The summed E-state index contributed by atoms with van der Waals surface area (Å²) >= 11 is 0. The van der Waals surface area contributed by atoms with E-state index in [2.05, 4.69) is 25.1 Å². The van der Waals surface area contributed by atoms with E-state index in [1.165, 1.54) is 25.7 Å². The van der Waals surface area contributed by atoms with Crippen LogP contribution in [0.25, 0.3) is 0 Å². The Morgan fingerprint density at radius 1 is 1.19 bits per heavy atom. The summed E-state index contributed by atoms with van der Waals surface area (Å²) in [5.74, 6) is 2.62. The zero-order valence-electron chi connectivity index (χ0n) is 15.4. The number of piperidine rings is 1. The third-order valence-electron chi connectivity index (χ3n) is 6.70. The molecule has 0 aromatic carbocycles. The lowest BCUT2D eigenvalue weighted by Gasteiger charge is -2.44. The van der Waals surface area contributed by atoms with Crippen molar-refractivity contribution in [2.75, 3.05) is 37.6 Å². The van der Waals surface area contributed by atoms with Crippen LogP contribution in [0.4, 0.5) is 5.95 Å². The van der Waals surface area contributed by atoms with Crippen molar-refractivity contribution < 1.29 is 4.79 Å². The van der Waals surface area contributed by atoms with Gasteiger partial charge in [0.2, 0.25) is 11.9 Å². The first kappa shape index (κ1) is 16.5. The van der Waals surface area contributed by atoms with Gasteiger partial charge in [-0.1, -0.05) is 0 Å². The molecule has 1 aromatic heterocycles. The fraction of sp³-hybridized carbons (Fsp3) is 0.750. The number of hydrogen-bond donors (Lipinski definition) is 1. The van der Waals surface area contributed by atoms with E-state index in [1.807, 2.05) is 18.5 Å². The molecule has 4 aliphatic rings. The summed E-state index contributed by atoms with van der Waals surface area (Å²) in [5.41, 5.74) is -0.304. The quantitative estimate of drug-likeness (QED) is 0.841. The first-order chi connectivity index (χ1) is 12.7. The summed E-state index contributed by atoms with van der Waals surface area (Å²) in [6, 6.07) is 2.05. The van der Waals surface area contributed by atoms with E-state index in [4.69, 9.17) is 0 Å². The Morgan fingerprint density at radius 3 is 2.69 bits per heavy atom. The number of likely N-dealkylation sites (tertiary alicyclic amines) is 1. The summed E-state index contributed by atoms with van der Waals surface area (Å²) in [5, 5.41) is 3.30. The van der Waals surface area contributed by atoms with Gasteiger partial charge in [-0.15, -0.1) is 0 Å². The number of amides is 1. The SMILES string of the molecule is O=C(NCC1CC1)[C@]12CCCN(c3ncccn3)[C@H]1CN(CC1CC1)C2. The lowest BCUT2D eigenvalue weighted by atomic mass is 9.74. The molecule has 2 saturated carbocycles. The molecule has 6 heteroatoms. The molecule has 2 saturated heterocycles. The molecule has 0 spiro atoms. The molecule has 1 aromatic rings. The summed E-state index contributed by atoms with van der Waals surface area (Å²) in [6.45, 7) is 4.82. The van der Waals surface area contributed by atoms with Crippen LogP contribution in [-0.4, -0.2) is 59.5 Å². The van der Waals surface area contributed by atoms with Crippen molar-refractivity contribution >= 4 is 11.9 Å². The predicted molar refractivity (Wildman–Crippen MR) is 99.7 cm³/mol. The van der Waals surface area contributed by atoms with Crippen molar-refractivity contribution in [3.8, 4) is 0 Å². The molecule has 1 amide bonds. The molecule has 6 nitrogen and oxygen atoms in total. The maximum absolute atomic E-state index is 13.4. The second kappa shape index (κ2) is 6.48. The molecule has 1 N–H and O–H groups in total. The Labute approximate surface area is 155 Å². The minimum atomic E-state index is -0.304. The lowest BCUT2D eigenvalue weighted by Crippen LogP contribution is -2.59. The molecule has 4 fully saturated rings. The number of nitrogens with zero attached hydrogens (tertiary/aromatic N) is 4. The number of hydrogen-bond acceptors (Lipinski definition) is 5. The lowest BCUT2D eigenvalue weighted by molar-refractivity contribution is -0.132. The molecule has 26 heavy (non-hydrogen) atoms. The molecule has 0 unspecified atom stereocenters. The van der Waals surface area contributed by atoms with E-state index >= 15 is 0 Å². The predicted octanol–water partition coefficient (Wildman–Crippen LogP) is 1.68. The monoisotopic (exact) mass is 355 g/mol. The van der Waals surface area contributed by atoms with Crippen molar-refractivity contribution in [1.29, 1.82) is 0 Å². The topological polar surface area (TPSA) is 61.4 Å². The number of nitrogens with one attached hydrogen (secondary N) is 1. The number of fused-ring (bicyclic) bond motifs is 1. The maximum atomic E-state index is 13.4. The molecule has 0 radical (unpaired) electrons. The highest BCUT2D eigenvalue weighted by atomic mass is 16.2. The van der Waals surface area contributed by atoms with Gasteiger partial charge in [-0.2, -0.15) is 0 Å². The first-order valence-corrected chi connectivity index (χ1v) is 10.3. The van der Waals surface area contributed by atoms with Gasteiger partial charge >= 0.3 is 0 Å². The Kier molecular flexibility index (Phi) is 4.11. The van der Waals surface area contributed by atoms with Gasteiger partial charge in [0.15, 0.2) is 0 Å². The summed E-state index contributed by atoms with van der Waals surface area (Å²) in [6.07, 6.45) is 10.9. The number of anilines is 1. The van der Waals surface area contributed by atoms with Gasteiger partial charge < -0.3 is 10.2 Å². The highest BCUT2D eigenvalue weighted by molar-refractivity contribution is 5.85. The van der Waals surface area contributed by atoms with Crippen LogP contribution in [-0.2, 0) is 4.79 Å². The number of rotatable bonds is 6. The molecular weight excluding hydrogens is 326 g/mol. The zero-order chi connectivity index (χ0) is 17.6. The Bertz CT molecular complexity index is 659. The average Bonchev–Trinajstić information content (AvgIpc) is 3.58. The van der Waals surface area contributed by atoms with Gasteiger partial charge in [-0.25, -0.2) is 9.97 Å². The van der Waals surface area contributed by atoms with Crippen LogP contribution in [0.1, 0.15) is 38.5 Å². The second-order valence-electron chi connectivity index (χ2n) is 8.81. The minimum Gasteiger partial charge on any atom is -0.355 e. The second-order valence-corrected chi connectivity index (χ2v) is 8.81. The standard InChI is InChI=1S/C20H29N5O/c26-18(23-11-15-3-4-15)20-7-1-10-25(19-21-8-2-9-22-19)17(20)13-24(14-20)12-16-5-6-16/h2,8-9,15-17H,1,3-7,10-14H2,(H,23,26)/t17-,20-/m0/s1. The Balaban J connectivity index is 1.41. The maximum Gasteiger partial charge on any atom is 0.229 e. The molecular formula is C20H29N5O. The molecule has 5 rings (SSSR count). The smallest absolute Gasteiger partial charge is 0.229 e. The fourth-order valence-electron chi connectivity index (χ4n) is 4.91. The van der Waals surface area contributed by atoms with Gasteiger partial charge in [0.1, 0.15) is 0 Å². The number of aromatic nitrogens is 2. The highest BCUT2D eigenvalue weighted by Gasteiger charge is 2.56. The normalized spacial score (nSPS) is 31.7. The van der Waals surface area contributed by atoms with Crippen molar-refractivity contribution in [3.05, 3.63) is 18.5 Å². The van der Waals surface area contributed by atoms with Gasteiger partial charge in [0.25, 0.3) is 0 Å². The summed E-state index contributed by atoms with van der Waals surface area (Å²) < 4.78 is 0. The van der Waals surface area contributed by atoms with E-state index in [0.29, 0.717) is 0 Å². The molecule has 2 atom stereocenters. The van der Waals surface area contributed by atoms with E-state index in [9.17, 15) is 4.79 Å². The van der Waals surface area contributed by atoms with E-state index in [-0.39, 0.29) is 17.4 Å². The van der Waals surface area contributed by atoms with Crippen LogP contribution in [0.2, 0.25) is 0 Å². The van der Waals surface area contributed by atoms with Crippen LogP contribution in [0.5, 0.6) is 0 Å². The largest absolute Gasteiger partial charge is 0.355 e. The van der Waals surface area contributed by atoms with Crippen LogP contribution in [0.3, 0.4) is 0 Å². The van der Waals surface area contributed by atoms with Crippen molar-refractivity contribution in [2.45, 2.75) is 44.6 Å². The van der Waals surface area contributed by atoms with Crippen LogP contribution in [0, 0.1) is 17.3 Å². The first-order valence-electron chi connectivity index (χ1n) is 10.3. The van der Waals surface area contributed by atoms with Gasteiger partial charge in [-0.3, -0.25) is 9.69 Å².